The van der Waals surface area contributed by atoms with E-state index in [0.29, 0.717) is 16.3 Å². The third-order valence-electron chi connectivity index (χ3n) is 3.65. The molecule has 22 heavy (non-hydrogen) atoms. The molecule has 0 saturated carbocycles. The second kappa shape index (κ2) is 7.32. The number of hydrogen-bond donors (Lipinski definition) is 1. The average molecular weight is 318 g/mol. The summed E-state index contributed by atoms with van der Waals surface area (Å²) in [5, 5.41) is 3.45. The van der Waals surface area contributed by atoms with Crippen molar-refractivity contribution in [3.05, 3.63) is 58.1 Å². The minimum Gasteiger partial charge on any atom is -0.495 e. The molecule has 0 radical (unpaired) electrons. The molecule has 0 atom stereocenters. The second-order valence-corrected chi connectivity index (χ2v) is 5.37. The maximum absolute atomic E-state index is 12.5. The highest BCUT2D eigenvalue weighted by Gasteiger charge is 2.13. The van der Waals surface area contributed by atoms with E-state index in [4.69, 9.17) is 16.3 Å². The Hall–Kier alpha value is -2.00. The van der Waals surface area contributed by atoms with Crippen LogP contribution in [0.1, 0.15) is 35.3 Å². The van der Waals surface area contributed by atoms with Gasteiger partial charge in [0.2, 0.25) is 0 Å². The molecule has 2 rings (SSSR count). The lowest BCUT2D eigenvalue weighted by Gasteiger charge is -2.14. The normalized spacial score (nSPS) is 10.4. The third kappa shape index (κ3) is 3.42. The lowest BCUT2D eigenvalue weighted by Crippen LogP contribution is -2.15. The maximum atomic E-state index is 12.5. The Morgan fingerprint density at radius 2 is 1.77 bits per heavy atom. The van der Waals surface area contributed by atoms with Crippen LogP contribution in [0.25, 0.3) is 0 Å². The number of aryl methyl sites for hydroxylation is 2. The van der Waals surface area contributed by atoms with E-state index in [1.807, 2.05) is 18.2 Å². The molecule has 0 unspecified atom stereocenters. The van der Waals surface area contributed by atoms with Crippen LogP contribution in [0.4, 0.5) is 5.69 Å². The zero-order chi connectivity index (χ0) is 16.1. The first-order chi connectivity index (χ1) is 10.6. The van der Waals surface area contributed by atoms with E-state index < -0.39 is 0 Å². The van der Waals surface area contributed by atoms with Gasteiger partial charge in [-0.1, -0.05) is 43.6 Å². The van der Waals surface area contributed by atoms with Crippen LogP contribution in [-0.4, -0.2) is 13.0 Å². The summed E-state index contributed by atoms with van der Waals surface area (Å²) in [6.45, 7) is 4.16. The Kier molecular flexibility index (Phi) is 5.45. The quantitative estimate of drug-likeness (QED) is 0.866. The molecule has 0 aromatic heterocycles. The number of carbonyl (C=O) groups is 1. The number of halogens is 1. The SMILES string of the molecule is CCc1cccc(CC)c1NC(=O)c1ccc(OC)c(Cl)c1. The number of para-hydroxylation sites is 1. The molecule has 3 nitrogen and oxygen atoms in total. The van der Waals surface area contributed by atoms with Crippen molar-refractivity contribution >= 4 is 23.2 Å². The van der Waals surface area contributed by atoms with Gasteiger partial charge in [0.1, 0.15) is 5.75 Å². The average Bonchev–Trinajstić information content (AvgIpc) is 2.54. The molecule has 116 valence electrons. The summed E-state index contributed by atoms with van der Waals surface area (Å²) in [5.74, 6) is 0.390. The van der Waals surface area contributed by atoms with Crippen molar-refractivity contribution in [1.82, 2.24) is 0 Å². The number of methoxy groups -OCH3 is 1. The fourth-order valence-electron chi connectivity index (χ4n) is 2.40. The summed E-state index contributed by atoms with van der Waals surface area (Å²) in [5.41, 5.74) is 3.68. The number of nitrogens with one attached hydrogen (secondary N) is 1. The van der Waals surface area contributed by atoms with Gasteiger partial charge in [0.15, 0.2) is 0 Å². The van der Waals surface area contributed by atoms with Crippen LogP contribution in [0.2, 0.25) is 5.02 Å². The van der Waals surface area contributed by atoms with E-state index in [2.05, 4.69) is 19.2 Å². The zero-order valence-electron chi connectivity index (χ0n) is 13.1. The summed E-state index contributed by atoms with van der Waals surface area (Å²) < 4.78 is 5.11. The Morgan fingerprint density at radius 3 is 2.27 bits per heavy atom. The van der Waals surface area contributed by atoms with Gasteiger partial charge in [-0.3, -0.25) is 4.79 Å². The third-order valence-corrected chi connectivity index (χ3v) is 3.95. The van der Waals surface area contributed by atoms with E-state index in [1.165, 1.54) is 0 Å². The standard InChI is InChI=1S/C18H20ClNO2/c1-4-12-7-6-8-13(5-2)17(12)20-18(21)14-9-10-16(22-3)15(19)11-14/h6-11H,4-5H2,1-3H3,(H,20,21). The first-order valence-corrected chi connectivity index (χ1v) is 7.74. The number of benzene rings is 2. The second-order valence-electron chi connectivity index (χ2n) is 4.96. The minimum absolute atomic E-state index is 0.167. The van der Waals surface area contributed by atoms with E-state index in [-0.39, 0.29) is 5.91 Å². The molecule has 1 amide bonds. The van der Waals surface area contributed by atoms with Crippen LogP contribution in [0.5, 0.6) is 5.75 Å². The van der Waals surface area contributed by atoms with Crippen molar-refractivity contribution in [3.8, 4) is 5.75 Å². The lowest BCUT2D eigenvalue weighted by atomic mass is 10.0. The molecular weight excluding hydrogens is 298 g/mol. The number of carbonyl (C=O) groups excluding carboxylic acids is 1. The van der Waals surface area contributed by atoms with Crippen molar-refractivity contribution < 1.29 is 9.53 Å². The molecule has 1 N–H and O–H groups in total. The summed E-state index contributed by atoms with van der Waals surface area (Å²) in [7, 11) is 1.55. The van der Waals surface area contributed by atoms with Crippen LogP contribution in [0, 0.1) is 0 Å². The number of amides is 1. The summed E-state index contributed by atoms with van der Waals surface area (Å²) in [4.78, 5) is 12.5. The van der Waals surface area contributed by atoms with Gasteiger partial charge in [-0.15, -0.1) is 0 Å². The van der Waals surface area contributed by atoms with Crippen LogP contribution in [-0.2, 0) is 12.8 Å². The minimum atomic E-state index is -0.167. The van der Waals surface area contributed by atoms with Gasteiger partial charge in [-0.2, -0.15) is 0 Å². The number of anilines is 1. The van der Waals surface area contributed by atoms with Gasteiger partial charge in [0.05, 0.1) is 12.1 Å². The van der Waals surface area contributed by atoms with Gasteiger partial charge < -0.3 is 10.1 Å². The topological polar surface area (TPSA) is 38.3 Å². The highest BCUT2D eigenvalue weighted by atomic mass is 35.5. The summed E-state index contributed by atoms with van der Waals surface area (Å²) in [6.07, 6.45) is 1.74. The van der Waals surface area contributed by atoms with Crippen LogP contribution < -0.4 is 10.1 Å². The number of rotatable bonds is 5. The van der Waals surface area contributed by atoms with Crippen molar-refractivity contribution in [2.45, 2.75) is 26.7 Å². The van der Waals surface area contributed by atoms with Crippen molar-refractivity contribution in [2.75, 3.05) is 12.4 Å². The number of ether oxygens (including phenoxy) is 1. The smallest absolute Gasteiger partial charge is 0.255 e. The fourth-order valence-corrected chi connectivity index (χ4v) is 2.65. The van der Waals surface area contributed by atoms with Crippen LogP contribution >= 0.6 is 11.6 Å². The van der Waals surface area contributed by atoms with E-state index >= 15 is 0 Å². The molecule has 0 spiro atoms. The molecule has 0 saturated heterocycles. The Bertz CT molecular complexity index is 661. The molecule has 0 fully saturated rings. The molecule has 4 heteroatoms. The molecule has 0 aliphatic rings. The molecular formula is C18H20ClNO2. The Morgan fingerprint density at radius 1 is 1.14 bits per heavy atom. The van der Waals surface area contributed by atoms with Crippen molar-refractivity contribution in [2.24, 2.45) is 0 Å². The van der Waals surface area contributed by atoms with E-state index in [1.54, 1.807) is 25.3 Å². The first-order valence-electron chi connectivity index (χ1n) is 7.36. The van der Waals surface area contributed by atoms with Gasteiger partial charge in [-0.25, -0.2) is 0 Å². The Balaban J connectivity index is 2.31. The summed E-state index contributed by atoms with van der Waals surface area (Å²) in [6, 6.07) is 11.1. The van der Waals surface area contributed by atoms with Crippen molar-refractivity contribution in [1.29, 1.82) is 0 Å². The predicted molar refractivity (Wildman–Crippen MR) is 91.2 cm³/mol. The van der Waals surface area contributed by atoms with Crippen LogP contribution in [0.15, 0.2) is 36.4 Å². The molecule has 0 aliphatic heterocycles. The highest BCUT2D eigenvalue weighted by molar-refractivity contribution is 6.32. The molecule has 0 heterocycles. The first kappa shape index (κ1) is 16.4. The maximum Gasteiger partial charge on any atom is 0.255 e. The molecule has 0 bridgehead atoms. The monoisotopic (exact) mass is 317 g/mol. The van der Waals surface area contributed by atoms with E-state index in [9.17, 15) is 4.79 Å². The van der Waals surface area contributed by atoms with E-state index in [0.717, 1.165) is 29.7 Å². The van der Waals surface area contributed by atoms with Crippen molar-refractivity contribution in [3.63, 3.8) is 0 Å². The molecule has 2 aromatic rings. The Labute approximate surface area is 136 Å². The largest absolute Gasteiger partial charge is 0.495 e. The van der Waals surface area contributed by atoms with Gasteiger partial charge in [0.25, 0.3) is 5.91 Å². The zero-order valence-corrected chi connectivity index (χ0v) is 13.8. The summed E-state index contributed by atoms with van der Waals surface area (Å²) >= 11 is 6.09. The highest BCUT2D eigenvalue weighted by Crippen LogP contribution is 2.27. The molecule has 0 aliphatic carbocycles. The van der Waals surface area contributed by atoms with Gasteiger partial charge >= 0.3 is 0 Å². The lowest BCUT2D eigenvalue weighted by molar-refractivity contribution is 0.102. The predicted octanol–water partition coefficient (Wildman–Crippen LogP) is 4.73. The van der Waals surface area contributed by atoms with Gasteiger partial charge in [-0.05, 0) is 42.2 Å². The molecule has 2 aromatic carbocycles. The van der Waals surface area contributed by atoms with Crippen LogP contribution in [0.3, 0.4) is 0 Å². The fraction of sp³-hybridized carbons (Fsp3) is 0.278. The number of hydrogen-bond acceptors (Lipinski definition) is 2. The van der Waals surface area contributed by atoms with Gasteiger partial charge in [0, 0.05) is 11.3 Å².